The number of benzene rings is 1. The molecular weight excluding hydrogens is 201 g/mol. The van der Waals surface area contributed by atoms with Crippen molar-refractivity contribution >= 4 is 0 Å². The fourth-order valence-electron chi connectivity index (χ4n) is 2.10. The van der Waals surface area contributed by atoms with E-state index in [9.17, 15) is 4.39 Å². The van der Waals surface area contributed by atoms with Gasteiger partial charge in [0.15, 0.2) is 0 Å². The van der Waals surface area contributed by atoms with Gasteiger partial charge in [-0.05, 0) is 55.1 Å². The highest BCUT2D eigenvalue weighted by molar-refractivity contribution is 5.32. The molecule has 0 aliphatic rings. The van der Waals surface area contributed by atoms with Crippen LogP contribution in [-0.4, -0.2) is 13.1 Å². The monoisotopic (exact) mass is 223 g/mol. The SMILES string of the molecule is CCNCCC(C)(C)c1ccc(F)cc1C. The number of aryl methyl sites for hydroxylation is 1. The first kappa shape index (κ1) is 13.2. The highest BCUT2D eigenvalue weighted by atomic mass is 19.1. The van der Waals surface area contributed by atoms with Crippen LogP contribution in [0.5, 0.6) is 0 Å². The average Bonchev–Trinajstić information content (AvgIpc) is 2.17. The lowest BCUT2D eigenvalue weighted by Gasteiger charge is -2.27. The van der Waals surface area contributed by atoms with Crippen molar-refractivity contribution in [3.05, 3.63) is 35.1 Å². The Balaban J connectivity index is 2.80. The Morgan fingerprint density at radius 1 is 1.31 bits per heavy atom. The summed E-state index contributed by atoms with van der Waals surface area (Å²) in [5, 5.41) is 3.33. The van der Waals surface area contributed by atoms with E-state index in [1.54, 1.807) is 12.1 Å². The van der Waals surface area contributed by atoms with Crippen molar-refractivity contribution in [3.63, 3.8) is 0 Å². The summed E-state index contributed by atoms with van der Waals surface area (Å²) in [6, 6.07) is 5.08. The van der Waals surface area contributed by atoms with Gasteiger partial charge in [-0.2, -0.15) is 0 Å². The van der Waals surface area contributed by atoms with Gasteiger partial charge in [0.05, 0.1) is 0 Å². The molecule has 0 unspecified atom stereocenters. The fraction of sp³-hybridized carbons (Fsp3) is 0.571. The quantitative estimate of drug-likeness (QED) is 0.754. The molecule has 1 rings (SSSR count). The van der Waals surface area contributed by atoms with Gasteiger partial charge in [-0.15, -0.1) is 0 Å². The fourth-order valence-corrected chi connectivity index (χ4v) is 2.10. The van der Waals surface area contributed by atoms with Crippen LogP contribution in [0.25, 0.3) is 0 Å². The lowest BCUT2D eigenvalue weighted by atomic mass is 9.79. The predicted octanol–water partition coefficient (Wildman–Crippen LogP) is 3.41. The number of halogens is 1. The van der Waals surface area contributed by atoms with E-state index in [0.717, 1.165) is 25.1 Å². The van der Waals surface area contributed by atoms with Crippen molar-refractivity contribution in [1.29, 1.82) is 0 Å². The second-order valence-corrected chi connectivity index (χ2v) is 4.95. The summed E-state index contributed by atoms with van der Waals surface area (Å²) in [7, 11) is 0. The molecule has 16 heavy (non-hydrogen) atoms. The van der Waals surface area contributed by atoms with Crippen molar-refractivity contribution in [2.75, 3.05) is 13.1 Å². The first-order valence-corrected chi connectivity index (χ1v) is 5.94. The molecule has 0 fully saturated rings. The Morgan fingerprint density at radius 3 is 2.56 bits per heavy atom. The molecule has 0 aliphatic carbocycles. The van der Waals surface area contributed by atoms with Crippen molar-refractivity contribution in [2.24, 2.45) is 0 Å². The molecular formula is C14H22FN. The van der Waals surface area contributed by atoms with Gasteiger partial charge in [0.25, 0.3) is 0 Å². The first-order chi connectivity index (χ1) is 7.47. The van der Waals surface area contributed by atoms with Gasteiger partial charge in [-0.25, -0.2) is 4.39 Å². The highest BCUT2D eigenvalue weighted by Crippen LogP contribution is 2.29. The molecule has 0 spiro atoms. The van der Waals surface area contributed by atoms with Crippen molar-refractivity contribution in [2.45, 2.75) is 39.5 Å². The molecule has 0 bridgehead atoms. The Labute approximate surface area is 98.1 Å². The molecule has 1 aromatic carbocycles. The molecule has 2 heteroatoms. The molecule has 1 aromatic rings. The summed E-state index contributed by atoms with van der Waals surface area (Å²) in [6.45, 7) is 10.5. The van der Waals surface area contributed by atoms with E-state index in [-0.39, 0.29) is 11.2 Å². The van der Waals surface area contributed by atoms with Crippen molar-refractivity contribution in [3.8, 4) is 0 Å². The van der Waals surface area contributed by atoms with Gasteiger partial charge in [-0.3, -0.25) is 0 Å². The Hall–Kier alpha value is -0.890. The molecule has 90 valence electrons. The van der Waals surface area contributed by atoms with Crippen LogP contribution in [0.15, 0.2) is 18.2 Å². The third-order valence-corrected chi connectivity index (χ3v) is 3.09. The van der Waals surface area contributed by atoms with E-state index >= 15 is 0 Å². The van der Waals surface area contributed by atoms with E-state index in [4.69, 9.17) is 0 Å². The third kappa shape index (κ3) is 3.31. The molecule has 0 aliphatic heterocycles. The lowest BCUT2D eigenvalue weighted by molar-refractivity contribution is 0.458. The van der Waals surface area contributed by atoms with Crippen LogP contribution in [0.2, 0.25) is 0 Å². The van der Waals surface area contributed by atoms with E-state index in [1.807, 2.05) is 13.0 Å². The van der Waals surface area contributed by atoms with Crippen LogP contribution < -0.4 is 5.32 Å². The maximum absolute atomic E-state index is 13.0. The number of hydrogen-bond acceptors (Lipinski definition) is 1. The number of rotatable bonds is 5. The summed E-state index contributed by atoms with van der Waals surface area (Å²) in [5.74, 6) is -0.149. The van der Waals surface area contributed by atoms with Crippen LogP contribution in [0.1, 0.15) is 38.3 Å². The standard InChI is InChI=1S/C14H22FN/c1-5-16-9-8-14(3,4)13-7-6-12(15)10-11(13)2/h6-7,10,16H,5,8-9H2,1-4H3. The average molecular weight is 223 g/mol. The normalized spacial score (nSPS) is 11.8. The predicted molar refractivity (Wildman–Crippen MR) is 67.3 cm³/mol. The minimum Gasteiger partial charge on any atom is -0.317 e. The zero-order chi connectivity index (χ0) is 12.2. The topological polar surface area (TPSA) is 12.0 Å². The van der Waals surface area contributed by atoms with Crippen molar-refractivity contribution < 1.29 is 4.39 Å². The van der Waals surface area contributed by atoms with Gasteiger partial charge < -0.3 is 5.32 Å². The van der Waals surface area contributed by atoms with E-state index in [1.165, 1.54) is 5.56 Å². The maximum Gasteiger partial charge on any atom is 0.123 e. The van der Waals surface area contributed by atoms with Crippen LogP contribution >= 0.6 is 0 Å². The van der Waals surface area contributed by atoms with E-state index in [2.05, 4.69) is 26.1 Å². The van der Waals surface area contributed by atoms with Crippen molar-refractivity contribution in [1.82, 2.24) is 5.32 Å². The summed E-state index contributed by atoms with van der Waals surface area (Å²) in [6.07, 6.45) is 1.06. The molecule has 0 atom stereocenters. The zero-order valence-corrected chi connectivity index (χ0v) is 10.7. The second kappa shape index (κ2) is 5.44. The molecule has 0 heterocycles. The van der Waals surface area contributed by atoms with Crippen LogP contribution in [0.4, 0.5) is 4.39 Å². The lowest BCUT2D eigenvalue weighted by Crippen LogP contribution is -2.26. The summed E-state index contributed by atoms with van der Waals surface area (Å²) in [4.78, 5) is 0. The molecule has 1 nitrogen and oxygen atoms in total. The van der Waals surface area contributed by atoms with Gasteiger partial charge in [-0.1, -0.05) is 26.8 Å². The van der Waals surface area contributed by atoms with E-state index in [0.29, 0.717) is 0 Å². The van der Waals surface area contributed by atoms with Gasteiger partial charge in [0.2, 0.25) is 0 Å². The van der Waals surface area contributed by atoms with E-state index < -0.39 is 0 Å². The Morgan fingerprint density at radius 2 is 2.00 bits per heavy atom. The van der Waals surface area contributed by atoms with Gasteiger partial charge in [0, 0.05) is 0 Å². The summed E-state index contributed by atoms with van der Waals surface area (Å²) in [5.41, 5.74) is 2.38. The minimum atomic E-state index is -0.149. The number of hydrogen-bond donors (Lipinski definition) is 1. The van der Waals surface area contributed by atoms with Gasteiger partial charge in [0.1, 0.15) is 5.82 Å². The summed E-state index contributed by atoms with van der Waals surface area (Å²) < 4.78 is 13.0. The molecule has 1 N–H and O–H groups in total. The molecule has 0 saturated carbocycles. The minimum absolute atomic E-state index is 0.0972. The number of nitrogens with one attached hydrogen (secondary N) is 1. The molecule has 0 amide bonds. The Kier molecular flexibility index (Phi) is 4.48. The third-order valence-electron chi connectivity index (χ3n) is 3.09. The van der Waals surface area contributed by atoms with Gasteiger partial charge >= 0.3 is 0 Å². The second-order valence-electron chi connectivity index (χ2n) is 4.95. The molecule has 0 radical (unpaired) electrons. The smallest absolute Gasteiger partial charge is 0.123 e. The van der Waals surface area contributed by atoms with Crippen LogP contribution in [0.3, 0.4) is 0 Å². The van der Waals surface area contributed by atoms with Crippen LogP contribution in [0, 0.1) is 12.7 Å². The summed E-state index contributed by atoms with van der Waals surface area (Å²) >= 11 is 0. The zero-order valence-electron chi connectivity index (χ0n) is 10.7. The Bertz CT molecular complexity index is 345. The first-order valence-electron chi connectivity index (χ1n) is 5.94. The highest BCUT2D eigenvalue weighted by Gasteiger charge is 2.21. The molecule has 0 aromatic heterocycles. The maximum atomic E-state index is 13.0. The van der Waals surface area contributed by atoms with Crippen LogP contribution in [-0.2, 0) is 5.41 Å². The largest absolute Gasteiger partial charge is 0.317 e. The molecule has 0 saturated heterocycles.